The molecule has 2 rings (SSSR count). The lowest BCUT2D eigenvalue weighted by Gasteiger charge is -2.21. The van der Waals surface area contributed by atoms with Crippen LogP contribution in [0, 0.1) is 0 Å². The van der Waals surface area contributed by atoms with Gasteiger partial charge in [0.15, 0.2) is 0 Å². The molecular weight excluding hydrogens is 360 g/mol. The van der Waals surface area contributed by atoms with Crippen LogP contribution in [0.5, 0.6) is 5.75 Å². The minimum Gasteiger partial charge on any atom is -0.487 e. The third-order valence-corrected chi connectivity index (χ3v) is 3.80. The lowest BCUT2D eigenvalue weighted by atomic mass is 10.0. The van der Waals surface area contributed by atoms with Gasteiger partial charge in [0.05, 0.1) is 12.3 Å². The van der Waals surface area contributed by atoms with Gasteiger partial charge in [-0.2, -0.15) is 0 Å². The van der Waals surface area contributed by atoms with Crippen LogP contribution in [0.1, 0.15) is 44.4 Å². The Morgan fingerprint density at radius 2 is 1.89 bits per heavy atom. The summed E-state index contributed by atoms with van der Waals surface area (Å²) in [5.74, 6) is 0.500. The van der Waals surface area contributed by atoms with Crippen LogP contribution < -0.4 is 10.1 Å². The van der Waals surface area contributed by atoms with E-state index in [9.17, 15) is 15.0 Å². The molecule has 1 heterocycles. The van der Waals surface area contributed by atoms with Crippen LogP contribution in [0.15, 0.2) is 48.8 Å². The van der Waals surface area contributed by atoms with E-state index in [4.69, 9.17) is 9.47 Å². The van der Waals surface area contributed by atoms with E-state index in [0.717, 1.165) is 5.56 Å². The van der Waals surface area contributed by atoms with Crippen molar-refractivity contribution in [3.8, 4) is 5.75 Å². The Morgan fingerprint density at radius 3 is 2.57 bits per heavy atom. The van der Waals surface area contributed by atoms with E-state index in [1.807, 2.05) is 30.3 Å². The fraction of sp³-hybridized carbons (Fsp3) is 0.429. The number of hydrogen-bond donors (Lipinski definition) is 3. The molecule has 152 valence electrons. The van der Waals surface area contributed by atoms with E-state index >= 15 is 0 Å². The summed E-state index contributed by atoms with van der Waals surface area (Å²) in [5, 5.41) is 23.1. The molecule has 0 aliphatic carbocycles. The Balaban J connectivity index is 1.83. The van der Waals surface area contributed by atoms with Gasteiger partial charge in [0.1, 0.15) is 24.1 Å². The van der Waals surface area contributed by atoms with Gasteiger partial charge in [0, 0.05) is 18.3 Å². The molecule has 0 fully saturated rings. The number of nitrogens with zero attached hydrogens (tertiary/aromatic N) is 1. The fourth-order valence-electron chi connectivity index (χ4n) is 2.43. The standard InChI is InChI=1S/C21H28N2O5/c1-21(2,3)28-20(26)23-10-9-18(24)19(25)16-11-17(13-22-12-16)27-14-15-7-5-4-6-8-15/h4-8,11-13,18-19,24-25H,9-10,14H2,1-3H3,(H,23,26). The first-order chi connectivity index (χ1) is 13.2. The normalized spacial score (nSPS) is 13.5. The molecule has 1 aromatic carbocycles. The van der Waals surface area contributed by atoms with Gasteiger partial charge < -0.3 is 25.0 Å². The predicted octanol–water partition coefficient (Wildman–Crippen LogP) is 2.97. The number of benzene rings is 1. The van der Waals surface area contributed by atoms with E-state index in [-0.39, 0.29) is 13.0 Å². The summed E-state index contributed by atoms with van der Waals surface area (Å²) in [6, 6.07) is 11.3. The monoisotopic (exact) mass is 388 g/mol. The second kappa shape index (κ2) is 10.1. The molecule has 0 bridgehead atoms. The summed E-state index contributed by atoms with van der Waals surface area (Å²) >= 11 is 0. The van der Waals surface area contributed by atoms with Gasteiger partial charge in [-0.1, -0.05) is 30.3 Å². The maximum absolute atomic E-state index is 11.6. The highest BCUT2D eigenvalue weighted by atomic mass is 16.6. The first-order valence-corrected chi connectivity index (χ1v) is 9.19. The van der Waals surface area contributed by atoms with Gasteiger partial charge in [0.25, 0.3) is 0 Å². The lowest BCUT2D eigenvalue weighted by molar-refractivity contribution is 0.0120. The minimum atomic E-state index is -1.15. The smallest absolute Gasteiger partial charge is 0.407 e. The van der Waals surface area contributed by atoms with Crippen LogP contribution in [0.3, 0.4) is 0 Å². The van der Waals surface area contributed by atoms with Crippen molar-refractivity contribution in [3.05, 3.63) is 59.9 Å². The Morgan fingerprint density at radius 1 is 1.18 bits per heavy atom. The van der Waals surface area contributed by atoms with E-state index < -0.39 is 23.9 Å². The molecule has 2 atom stereocenters. The number of aliphatic hydroxyl groups is 2. The van der Waals surface area contributed by atoms with Gasteiger partial charge in [-0.25, -0.2) is 4.79 Å². The Hall–Kier alpha value is -2.64. The maximum Gasteiger partial charge on any atom is 0.407 e. The SMILES string of the molecule is CC(C)(C)OC(=O)NCCC(O)C(O)c1cncc(OCc2ccccc2)c1. The van der Waals surface area contributed by atoms with Crippen LogP contribution in [0.4, 0.5) is 4.79 Å². The highest BCUT2D eigenvalue weighted by Gasteiger charge is 2.20. The van der Waals surface area contributed by atoms with Gasteiger partial charge in [0.2, 0.25) is 0 Å². The molecule has 3 N–H and O–H groups in total. The van der Waals surface area contributed by atoms with Crippen LogP contribution in [-0.4, -0.2) is 39.5 Å². The maximum atomic E-state index is 11.6. The molecule has 0 aliphatic rings. The molecule has 28 heavy (non-hydrogen) atoms. The first kappa shape index (κ1) is 21.7. The average molecular weight is 388 g/mol. The molecule has 0 saturated carbocycles. The van der Waals surface area contributed by atoms with Crippen molar-refractivity contribution >= 4 is 6.09 Å². The number of aromatic nitrogens is 1. The van der Waals surface area contributed by atoms with E-state index in [0.29, 0.717) is 17.9 Å². The molecule has 0 radical (unpaired) electrons. The van der Waals surface area contributed by atoms with Gasteiger partial charge in [-0.05, 0) is 38.8 Å². The number of ether oxygens (including phenoxy) is 2. The minimum absolute atomic E-state index is 0.162. The van der Waals surface area contributed by atoms with Gasteiger partial charge >= 0.3 is 6.09 Å². The zero-order valence-electron chi connectivity index (χ0n) is 16.5. The zero-order chi connectivity index (χ0) is 20.6. The summed E-state index contributed by atoms with van der Waals surface area (Å²) in [6.45, 7) is 5.86. The molecule has 1 aromatic heterocycles. The highest BCUT2D eigenvalue weighted by Crippen LogP contribution is 2.22. The summed E-state index contributed by atoms with van der Waals surface area (Å²) in [6.07, 6.45) is 0.414. The molecule has 1 amide bonds. The van der Waals surface area contributed by atoms with Crippen molar-refractivity contribution in [2.75, 3.05) is 6.54 Å². The van der Waals surface area contributed by atoms with Crippen molar-refractivity contribution in [2.45, 2.75) is 51.6 Å². The summed E-state index contributed by atoms with van der Waals surface area (Å²) in [4.78, 5) is 15.7. The second-order valence-corrected chi connectivity index (χ2v) is 7.46. The number of carbonyl (C=O) groups excluding carboxylic acids is 1. The fourth-order valence-corrected chi connectivity index (χ4v) is 2.43. The molecule has 7 heteroatoms. The van der Waals surface area contributed by atoms with Crippen molar-refractivity contribution in [1.29, 1.82) is 0 Å². The van der Waals surface area contributed by atoms with Crippen molar-refractivity contribution in [3.63, 3.8) is 0 Å². The molecule has 0 spiro atoms. The van der Waals surface area contributed by atoms with Crippen molar-refractivity contribution < 1.29 is 24.5 Å². The highest BCUT2D eigenvalue weighted by molar-refractivity contribution is 5.67. The molecule has 2 aromatic rings. The first-order valence-electron chi connectivity index (χ1n) is 9.19. The molecule has 2 unspecified atom stereocenters. The predicted molar refractivity (Wildman–Crippen MR) is 105 cm³/mol. The zero-order valence-corrected chi connectivity index (χ0v) is 16.5. The Kier molecular flexibility index (Phi) is 7.78. The number of amides is 1. The lowest BCUT2D eigenvalue weighted by Crippen LogP contribution is -2.34. The number of carbonyl (C=O) groups is 1. The Bertz CT molecular complexity index is 746. The average Bonchev–Trinajstić information content (AvgIpc) is 2.65. The number of alkyl carbamates (subject to hydrolysis) is 1. The van der Waals surface area contributed by atoms with Gasteiger partial charge in [-0.15, -0.1) is 0 Å². The number of pyridine rings is 1. The Labute approximate surface area is 165 Å². The molecule has 7 nitrogen and oxygen atoms in total. The molecule has 0 aliphatic heterocycles. The van der Waals surface area contributed by atoms with Crippen LogP contribution in [0.25, 0.3) is 0 Å². The van der Waals surface area contributed by atoms with Crippen LogP contribution in [0.2, 0.25) is 0 Å². The van der Waals surface area contributed by atoms with E-state index in [1.165, 1.54) is 6.20 Å². The largest absolute Gasteiger partial charge is 0.487 e. The van der Waals surface area contributed by atoms with E-state index in [2.05, 4.69) is 10.3 Å². The third-order valence-electron chi connectivity index (χ3n) is 3.80. The summed E-state index contributed by atoms with van der Waals surface area (Å²) in [7, 11) is 0. The van der Waals surface area contributed by atoms with Crippen molar-refractivity contribution in [2.24, 2.45) is 0 Å². The summed E-state index contributed by atoms with van der Waals surface area (Å²) in [5.41, 5.74) is 0.866. The van der Waals surface area contributed by atoms with Crippen LogP contribution >= 0.6 is 0 Å². The third kappa shape index (κ3) is 7.54. The number of aliphatic hydroxyl groups excluding tert-OH is 2. The van der Waals surface area contributed by atoms with E-state index in [1.54, 1.807) is 33.0 Å². The molecule has 0 saturated heterocycles. The number of hydrogen-bond acceptors (Lipinski definition) is 6. The number of nitrogens with one attached hydrogen (secondary N) is 1. The van der Waals surface area contributed by atoms with Crippen molar-refractivity contribution in [1.82, 2.24) is 10.3 Å². The number of rotatable bonds is 8. The van der Waals surface area contributed by atoms with Gasteiger partial charge in [-0.3, -0.25) is 4.98 Å². The summed E-state index contributed by atoms with van der Waals surface area (Å²) < 4.78 is 10.8. The molecular formula is C21H28N2O5. The second-order valence-electron chi connectivity index (χ2n) is 7.46. The van der Waals surface area contributed by atoms with Crippen LogP contribution in [-0.2, 0) is 11.3 Å². The topological polar surface area (TPSA) is 101 Å². The quantitative estimate of drug-likeness (QED) is 0.643.